The summed E-state index contributed by atoms with van der Waals surface area (Å²) in [7, 11) is 0. The molecule has 12 heteroatoms. The van der Waals surface area contributed by atoms with E-state index >= 15 is 0 Å². The van der Waals surface area contributed by atoms with Crippen molar-refractivity contribution < 1.29 is 0 Å². The van der Waals surface area contributed by atoms with E-state index in [4.69, 9.17) is 30.9 Å². The lowest BCUT2D eigenvalue weighted by Crippen LogP contribution is -2.38. The first-order valence-corrected chi connectivity index (χ1v) is 20.4. The lowest BCUT2D eigenvalue weighted by Gasteiger charge is -2.34. The molecule has 2 saturated carbocycles. The second-order valence-corrected chi connectivity index (χ2v) is 15.6. The molecule has 4 aromatic heterocycles. The summed E-state index contributed by atoms with van der Waals surface area (Å²) in [5.74, 6) is 0. The lowest BCUT2D eigenvalue weighted by molar-refractivity contribution is 0.231. The minimum atomic E-state index is -0.530. The molecule has 282 valence electrons. The minimum Gasteiger partial charge on any atom is -0.248 e. The second-order valence-electron chi connectivity index (χ2n) is 15.6. The standard InChI is InChI=1S/C42H54N12/c1-3-40(4-2,53-33-39(46-49-53)42(27-19-9-6-10-20-28-42)52-30-36(43-48-52)35-23-15-12-16-24-35)38-32-54(50-45-38)41(25-17-7-5-8-18-26-41)37-31-51(47-44-37)29-34-21-13-11-14-22-34/h11-16,21-24,30-33H,3-10,17-20,25-29H2,1-2H3. The van der Waals surface area contributed by atoms with Crippen molar-refractivity contribution in [1.29, 1.82) is 0 Å². The molecule has 0 N–H and O–H groups in total. The highest BCUT2D eigenvalue weighted by Gasteiger charge is 2.44. The molecule has 0 radical (unpaired) electrons. The zero-order valence-electron chi connectivity index (χ0n) is 32.0. The van der Waals surface area contributed by atoms with Gasteiger partial charge in [-0.25, -0.2) is 18.7 Å². The van der Waals surface area contributed by atoms with E-state index in [1.165, 1.54) is 44.1 Å². The number of benzene rings is 2. The predicted octanol–water partition coefficient (Wildman–Crippen LogP) is 8.31. The highest BCUT2D eigenvalue weighted by molar-refractivity contribution is 5.57. The average Bonchev–Trinajstić information content (AvgIpc) is 4.03. The summed E-state index contributed by atoms with van der Waals surface area (Å²) in [6, 6.07) is 20.8. The van der Waals surface area contributed by atoms with E-state index < -0.39 is 16.6 Å². The predicted molar refractivity (Wildman–Crippen MR) is 208 cm³/mol. The minimum absolute atomic E-state index is 0.423. The molecule has 0 spiro atoms. The zero-order chi connectivity index (χ0) is 36.9. The Kier molecular flexibility index (Phi) is 10.5. The van der Waals surface area contributed by atoms with E-state index in [0.717, 1.165) is 92.5 Å². The second kappa shape index (κ2) is 15.8. The Morgan fingerprint density at radius 1 is 0.537 bits per heavy atom. The first-order chi connectivity index (χ1) is 26.6. The Hall–Kier alpha value is -5.00. The third-order valence-electron chi connectivity index (χ3n) is 12.6. The molecule has 2 aliphatic carbocycles. The van der Waals surface area contributed by atoms with Crippen LogP contribution in [-0.4, -0.2) is 60.0 Å². The molecule has 0 unspecified atom stereocenters. The number of aromatic nitrogens is 12. The van der Waals surface area contributed by atoms with Gasteiger partial charge in [-0.05, 0) is 44.1 Å². The van der Waals surface area contributed by atoms with E-state index in [2.05, 4.69) is 99.4 Å². The quantitative estimate of drug-likeness (QED) is 0.131. The van der Waals surface area contributed by atoms with Crippen LogP contribution in [0.2, 0.25) is 0 Å². The Labute approximate surface area is 318 Å². The van der Waals surface area contributed by atoms with Crippen molar-refractivity contribution in [1.82, 2.24) is 60.0 Å². The summed E-state index contributed by atoms with van der Waals surface area (Å²) in [5, 5.41) is 38.8. The molecule has 0 amide bonds. The molecule has 8 rings (SSSR count). The van der Waals surface area contributed by atoms with Crippen LogP contribution in [0.5, 0.6) is 0 Å². The summed E-state index contributed by atoms with van der Waals surface area (Å²) in [6.45, 7) is 5.12. The number of nitrogens with zero attached hydrogens (tertiary/aromatic N) is 12. The largest absolute Gasteiger partial charge is 0.248 e. The summed E-state index contributed by atoms with van der Waals surface area (Å²) >= 11 is 0. The van der Waals surface area contributed by atoms with Gasteiger partial charge in [-0.15, -0.1) is 20.4 Å². The van der Waals surface area contributed by atoms with Gasteiger partial charge in [0.15, 0.2) is 0 Å². The van der Waals surface area contributed by atoms with Crippen LogP contribution < -0.4 is 0 Å². The fourth-order valence-corrected chi connectivity index (χ4v) is 9.19. The molecule has 12 nitrogen and oxygen atoms in total. The summed E-state index contributed by atoms with van der Waals surface area (Å²) in [4.78, 5) is 0. The molecule has 4 heterocycles. The van der Waals surface area contributed by atoms with Crippen LogP contribution in [0, 0.1) is 0 Å². The molecule has 0 saturated heterocycles. The van der Waals surface area contributed by atoms with Crippen LogP contribution in [0.15, 0.2) is 85.5 Å². The molecule has 6 aromatic rings. The van der Waals surface area contributed by atoms with Gasteiger partial charge in [-0.3, -0.25) is 0 Å². The Balaban J connectivity index is 1.16. The normalized spacial score (nSPS) is 18.0. The Bertz CT molecular complexity index is 2050. The van der Waals surface area contributed by atoms with E-state index in [9.17, 15) is 0 Å². The van der Waals surface area contributed by atoms with Gasteiger partial charge in [0.2, 0.25) is 0 Å². The maximum atomic E-state index is 5.00. The lowest BCUT2D eigenvalue weighted by atomic mass is 9.81. The van der Waals surface area contributed by atoms with Crippen LogP contribution in [0.3, 0.4) is 0 Å². The van der Waals surface area contributed by atoms with Gasteiger partial charge in [0.05, 0.1) is 31.3 Å². The Morgan fingerprint density at radius 3 is 1.70 bits per heavy atom. The average molecular weight is 727 g/mol. The van der Waals surface area contributed by atoms with Gasteiger partial charge < -0.3 is 0 Å². The smallest absolute Gasteiger partial charge is 0.113 e. The van der Waals surface area contributed by atoms with Crippen LogP contribution in [0.1, 0.15) is 139 Å². The Morgan fingerprint density at radius 2 is 1.07 bits per heavy atom. The van der Waals surface area contributed by atoms with Crippen molar-refractivity contribution >= 4 is 0 Å². The molecule has 0 bridgehead atoms. The van der Waals surface area contributed by atoms with Crippen molar-refractivity contribution in [2.24, 2.45) is 0 Å². The van der Waals surface area contributed by atoms with Crippen molar-refractivity contribution in [3.63, 3.8) is 0 Å². The van der Waals surface area contributed by atoms with E-state index in [1.54, 1.807) is 0 Å². The highest BCUT2D eigenvalue weighted by Crippen LogP contribution is 2.42. The molecule has 2 aliphatic rings. The van der Waals surface area contributed by atoms with Gasteiger partial charge in [0.25, 0.3) is 0 Å². The fraction of sp³-hybridized carbons (Fsp3) is 0.524. The van der Waals surface area contributed by atoms with Gasteiger partial charge in [0, 0.05) is 5.56 Å². The van der Waals surface area contributed by atoms with Crippen molar-refractivity contribution in [3.8, 4) is 11.3 Å². The zero-order valence-corrected chi connectivity index (χ0v) is 32.0. The number of hydrogen-bond acceptors (Lipinski definition) is 8. The third-order valence-corrected chi connectivity index (χ3v) is 12.6. The van der Waals surface area contributed by atoms with Gasteiger partial charge >= 0.3 is 0 Å². The topological polar surface area (TPSA) is 123 Å². The van der Waals surface area contributed by atoms with Gasteiger partial charge in [-0.1, -0.05) is 160 Å². The van der Waals surface area contributed by atoms with Crippen molar-refractivity contribution in [2.75, 3.05) is 0 Å². The third kappa shape index (κ3) is 6.79. The number of rotatable bonds is 11. The van der Waals surface area contributed by atoms with Crippen molar-refractivity contribution in [2.45, 2.75) is 140 Å². The summed E-state index contributed by atoms with van der Waals surface area (Å²) in [6.07, 6.45) is 25.7. The van der Waals surface area contributed by atoms with Crippen molar-refractivity contribution in [3.05, 3.63) is 108 Å². The molecule has 0 atom stereocenters. The van der Waals surface area contributed by atoms with Crippen LogP contribution in [0.4, 0.5) is 0 Å². The van der Waals surface area contributed by atoms with Crippen LogP contribution in [-0.2, 0) is 23.2 Å². The number of hydrogen-bond donors (Lipinski definition) is 0. The molecule has 54 heavy (non-hydrogen) atoms. The summed E-state index contributed by atoms with van der Waals surface area (Å²) in [5.41, 5.74) is 4.57. The SMILES string of the molecule is CCC(CC)(c1cn(C2(c3cn(Cc4ccccc4)nn3)CCCCCCC2)nn1)n1cc(C2(n3cc(-c4ccccc4)nn3)CCCCCCC2)nn1. The first kappa shape index (κ1) is 36.0. The molecular formula is C42H54N12. The highest BCUT2D eigenvalue weighted by atomic mass is 15.5. The monoisotopic (exact) mass is 726 g/mol. The van der Waals surface area contributed by atoms with Gasteiger partial charge in [0.1, 0.15) is 39.4 Å². The van der Waals surface area contributed by atoms with E-state index in [1.807, 2.05) is 28.9 Å². The molecule has 2 aromatic carbocycles. The van der Waals surface area contributed by atoms with Gasteiger partial charge in [-0.2, -0.15) is 0 Å². The first-order valence-electron chi connectivity index (χ1n) is 20.4. The fourth-order valence-electron chi connectivity index (χ4n) is 9.19. The molecule has 0 aliphatic heterocycles. The van der Waals surface area contributed by atoms with Crippen LogP contribution >= 0.6 is 0 Å². The van der Waals surface area contributed by atoms with E-state index in [-0.39, 0.29) is 0 Å². The summed E-state index contributed by atoms with van der Waals surface area (Å²) < 4.78 is 8.26. The maximum Gasteiger partial charge on any atom is 0.113 e. The maximum absolute atomic E-state index is 5.00. The molecular weight excluding hydrogens is 673 g/mol. The van der Waals surface area contributed by atoms with Crippen LogP contribution in [0.25, 0.3) is 11.3 Å². The van der Waals surface area contributed by atoms with E-state index in [0.29, 0.717) is 6.54 Å². The molecule has 2 fully saturated rings.